The number of halogens is 1. The lowest BCUT2D eigenvalue weighted by Crippen LogP contribution is -2.48. The smallest absolute Gasteiger partial charge is 0.325 e. The Morgan fingerprint density at radius 3 is 2.57 bits per heavy atom. The fourth-order valence-electron chi connectivity index (χ4n) is 2.83. The average Bonchev–Trinajstić information content (AvgIpc) is 2.37. The van der Waals surface area contributed by atoms with E-state index >= 15 is 0 Å². The number of carboxylic acids is 1. The summed E-state index contributed by atoms with van der Waals surface area (Å²) in [5, 5.41) is 10.2. The summed E-state index contributed by atoms with van der Waals surface area (Å²) in [7, 11) is 1.52. The van der Waals surface area contributed by atoms with Crippen molar-refractivity contribution in [2.75, 3.05) is 20.2 Å². The second kappa shape index (κ2) is 6.64. The summed E-state index contributed by atoms with van der Waals surface area (Å²) < 4.78 is 11.0. The Morgan fingerprint density at radius 2 is 2.05 bits per heavy atom. The quantitative estimate of drug-likeness (QED) is 0.926. The van der Waals surface area contributed by atoms with Crippen molar-refractivity contribution in [3.05, 3.63) is 28.8 Å². The summed E-state index contributed by atoms with van der Waals surface area (Å²) in [5.41, 5.74) is 0.568. The van der Waals surface area contributed by atoms with Gasteiger partial charge in [0.2, 0.25) is 0 Å². The minimum atomic E-state index is -0.920. The average molecular weight is 314 g/mol. The van der Waals surface area contributed by atoms with Crippen LogP contribution in [0.15, 0.2) is 18.2 Å². The van der Waals surface area contributed by atoms with Crippen molar-refractivity contribution in [1.29, 1.82) is 0 Å². The normalized spacial score (nSPS) is 24.6. The molecule has 1 aliphatic rings. The van der Waals surface area contributed by atoms with Crippen LogP contribution in [-0.4, -0.2) is 48.4 Å². The van der Waals surface area contributed by atoms with Gasteiger partial charge in [-0.2, -0.15) is 0 Å². The molecule has 0 bridgehead atoms. The zero-order valence-electron chi connectivity index (χ0n) is 12.4. The van der Waals surface area contributed by atoms with Crippen molar-refractivity contribution < 1.29 is 19.4 Å². The number of benzene rings is 1. The van der Waals surface area contributed by atoms with E-state index in [1.165, 1.54) is 7.11 Å². The standard InChI is InChI=1S/C15H20ClNO4/c1-9-7-17(8-10(2)21-9)14(15(18)19)12-6-11(16)4-5-13(12)20-3/h4-6,9-10,14H,7-8H2,1-3H3,(H,18,19)/t9-,10+,14?. The van der Waals surface area contributed by atoms with Crippen molar-refractivity contribution in [1.82, 2.24) is 4.90 Å². The highest BCUT2D eigenvalue weighted by Crippen LogP contribution is 2.33. The molecule has 0 spiro atoms. The van der Waals surface area contributed by atoms with E-state index in [1.54, 1.807) is 18.2 Å². The molecule has 2 rings (SSSR count). The Morgan fingerprint density at radius 1 is 1.43 bits per heavy atom. The van der Waals surface area contributed by atoms with Crippen molar-refractivity contribution in [2.45, 2.75) is 32.1 Å². The number of carboxylic acid groups (broad SMARTS) is 1. The van der Waals surface area contributed by atoms with Gasteiger partial charge in [-0.1, -0.05) is 11.6 Å². The summed E-state index contributed by atoms with van der Waals surface area (Å²) in [4.78, 5) is 13.7. The highest BCUT2D eigenvalue weighted by atomic mass is 35.5. The van der Waals surface area contributed by atoms with E-state index in [0.717, 1.165) is 0 Å². The molecular formula is C15H20ClNO4. The first-order valence-corrected chi connectivity index (χ1v) is 7.26. The molecule has 0 aliphatic carbocycles. The van der Waals surface area contributed by atoms with Gasteiger partial charge in [-0.3, -0.25) is 9.69 Å². The van der Waals surface area contributed by atoms with Gasteiger partial charge in [-0.05, 0) is 32.0 Å². The molecule has 0 radical (unpaired) electrons. The molecule has 0 aromatic heterocycles. The maximum atomic E-state index is 11.8. The Balaban J connectivity index is 2.39. The van der Waals surface area contributed by atoms with Crippen molar-refractivity contribution in [3.63, 3.8) is 0 Å². The zero-order valence-corrected chi connectivity index (χ0v) is 13.1. The summed E-state index contributed by atoms with van der Waals surface area (Å²) in [6.07, 6.45) is -0.0263. The molecule has 1 saturated heterocycles. The van der Waals surface area contributed by atoms with Gasteiger partial charge in [0.1, 0.15) is 11.8 Å². The monoisotopic (exact) mass is 313 g/mol. The van der Waals surface area contributed by atoms with Crippen LogP contribution in [0.4, 0.5) is 0 Å². The number of carbonyl (C=O) groups is 1. The Labute approximate surface area is 129 Å². The molecule has 116 valence electrons. The van der Waals surface area contributed by atoms with Crippen LogP contribution in [0.25, 0.3) is 0 Å². The largest absolute Gasteiger partial charge is 0.496 e. The maximum Gasteiger partial charge on any atom is 0.325 e. The molecule has 6 heteroatoms. The highest BCUT2D eigenvalue weighted by molar-refractivity contribution is 6.30. The van der Waals surface area contributed by atoms with Gasteiger partial charge in [0.25, 0.3) is 0 Å². The Kier molecular flexibility index (Phi) is 5.08. The molecule has 1 unspecified atom stereocenters. The predicted molar refractivity (Wildman–Crippen MR) is 80.0 cm³/mol. The number of hydrogen-bond acceptors (Lipinski definition) is 4. The molecule has 1 heterocycles. The van der Waals surface area contributed by atoms with Gasteiger partial charge < -0.3 is 14.6 Å². The van der Waals surface area contributed by atoms with Crippen LogP contribution >= 0.6 is 11.6 Å². The second-order valence-corrected chi connectivity index (χ2v) is 5.77. The number of methoxy groups -OCH3 is 1. The minimum Gasteiger partial charge on any atom is -0.496 e. The first kappa shape index (κ1) is 16.1. The lowest BCUT2D eigenvalue weighted by molar-refractivity contribution is -0.149. The third kappa shape index (κ3) is 3.67. The fourth-order valence-corrected chi connectivity index (χ4v) is 3.01. The van der Waals surface area contributed by atoms with E-state index < -0.39 is 12.0 Å². The van der Waals surface area contributed by atoms with Gasteiger partial charge >= 0.3 is 5.97 Å². The van der Waals surface area contributed by atoms with Gasteiger partial charge in [0, 0.05) is 23.7 Å². The molecule has 1 aromatic carbocycles. The van der Waals surface area contributed by atoms with Crippen LogP contribution in [0.1, 0.15) is 25.5 Å². The maximum absolute atomic E-state index is 11.8. The van der Waals surface area contributed by atoms with Crippen molar-refractivity contribution in [3.8, 4) is 5.75 Å². The van der Waals surface area contributed by atoms with Gasteiger partial charge in [0.15, 0.2) is 0 Å². The van der Waals surface area contributed by atoms with Crippen molar-refractivity contribution >= 4 is 17.6 Å². The molecule has 0 amide bonds. The number of hydrogen-bond donors (Lipinski definition) is 1. The minimum absolute atomic E-state index is 0.0132. The molecule has 5 nitrogen and oxygen atoms in total. The SMILES string of the molecule is COc1ccc(Cl)cc1C(C(=O)O)N1C[C@@H](C)O[C@@H](C)C1. The van der Waals surface area contributed by atoms with Crippen LogP contribution < -0.4 is 4.74 Å². The fraction of sp³-hybridized carbons (Fsp3) is 0.533. The van der Waals surface area contributed by atoms with E-state index in [-0.39, 0.29) is 12.2 Å². The molecule has 21 heavy (non-hydrogen) atoms. The van der Waals surface area contributed by atoms with Crippen LogP contribution in [0.3, 0.4) is 0 Å². The van der Waals surface area contributed by atoms with Crippen LogP contribution in [0, 0.1) is 0 Å². The zero-order chi connectivity index (χ0) is 15.6. The molecule has 1 aliphatic heterocycles. The van der Waals surface area contributed by atoms with E-state index in [1.807, 2.05) is 18.7 Å². The molecule has 1 fully saturated rings. The van der Waals surface area contributed by atoms with E-state index in [2.05, 4.69) is 0 Å². The third-order valence-corrected chi connectivity index (χ3v) is 3.77. The number of ether oxygens (including phenoxy) is 2. The third-order valence-electron chi connectivity index (χ3n) is 3.53. The summed E-state index contributed by atoms with van der Waals surface area (Å²) in [5.74, 6) is -0.393. The summed E-state index contributed by atoms with van der Waals surface area (Å²) in [6.45, 7) is 4.99. The van der Waals surface area contributed by atoms with Gasteiger partial charge in [0.05, 0.1) is 19.3 Å². The van der Waals surface area contributed by atoms with Crippen LogP contribution in [-0.2, 0) is 9.53 Å². The molecule has 1 N–H and O–H groups in total. The number of aliphatic carboxylic acids is 1. The number of rotatable bonds is 4. The first-order valence-electron chi connectivity index (χ1n) is 6.88. The van der Waals surface area contributed by atoms with Crippen LogP contribution in [0.2, 0.25) is 5.02 Å². The lowest BCUT2D eigenvalue weighted by Gasteiger charge is -2.38. The molecule has 1 aromatic rings. The topological polar surface area (TPSA) is 59.0 Å². The first-order chi connectivity index (χ1) is 9.92. The van der Waals surface area contributed by atoms with Crippen LogP contribution in [0.5, 0.6) is 5.75 Å². The Bertz CT molecular complexity index is 512. The molecule has 3 atom stereocenters. The molecule has 0 saturated carbocycles. The van der Waals surface area contributed by atoms with E-state index in [0.29, 0.717) is 29.4 Å². The number of nitrogens with zero attached hydrogens (tertiary/aromatic N) is 1. The highest BCUT2D eigenvalue weighted by Gasteiger charge is 2.35. The predicted octanol–water partition coefficient (Wildman–Crippen LogP) is 2.58. The van der Waals surface area contributed by atoms with E-state index in [9.17, 15) is 9.90 Å². The van der Waals surface area contributed by atoms with E-state index in [4.69, 9.17) is 21.1 Å². The van der Waals surface area contributed by atoms with Crippen molar-refractivity contribution in [2.24, 2.45) is 0 Å². The van der Waals surface area contributed by atoms with Gasteiger partial charge in [-0.25, -0.2) is 0 Å². The summed E-state index contributed by atoms with van der Waals surface area (Å²) in [6, 6.07) is 4.24. The lowest BCUT2D eigenvalue weighted by atomic mass is 10.0. The number of morpholine rings is 1. The second-order valence-electron chi connectivity index (χ2n) is 5.34. The van der Waals surface area contributed by atoms with Gasteiger partial charge in [-0.15, -0.1) is 0 Å². The summed E-state index contributed by atoms with van der Waals surface area (Å²) >= 11 is 6.03. The molecular weight excluding hydrogens is 294 g/mol. The Hall–Kier alpha value is -1.30.